The number of benzene rings is 1. The van der Waals surface area contributed by atoms with Gasteiger partial charge in [-0.15, -0.1) is 0 Å². The SMILES string of the molecule is C[C@H](CC#N)NC(=O)CC[C@@H](O)c1ccc(C(C)(C)C)cc1. The molecule has 2 N–H and O–H groups in total. The van der Waals surface area contributed by atoms with Crippen LogP contribution in [0.3, 0.4) is 0 Å². The minimum Gasteiger partial charge on any atom is -0.388 e. The molecule has 0 unspecified atom stereocenters. The molecule has 1 rings (SSSR count). The van der Waals surface area contributed by atoms with Crippen molar-refractivity contribution in [1.82, 2.24) is 5.32 Å². The van der Waals surface area contributed by atoms with Gasteiger partial charge < -0.3 is 10.4 Å². The van der Waals surface area contributed by atoms with Crippen molar-refractivity contribution in [2.24, 2.45) is 0 Å². The van der Waals surface area contributed by atoms with E-state index in [0.29, 0.717) is 12.8 Å². The highest BCUT2D eigenvalue weighted by Gasteiger charge is 2.15. The van der Waals surface area contributed by atoms with E-state index < -0.39 is 6.10 Å². The van der Waals surface area contributed by atoms with Crippen LogP contribution in [0.1, 0.15) is 64.2 Å². The largest absolute Gasteiger partial charge is 0.388 e. The number of hydrogen-bond donors (Lipinski definition) is 2. The van der Waals surface area contributed by atoms with Gasteiger partial charge in [-0.05, 0) is 29.9 Å². The Balaban J connectivity index is 2.50. The van der Waals surface area contributed by atoms with Crippen LogP contribution < -0.4 is 5.32 Å². The lowest BCUT2D eigenvalue weighted by Gasteiger charge is -2.20. The van der Waals surface area contributed by atoms with Crippen LogP contribution in [-0.2, 0) is 10.2 Å². The Hall–Kier alpha value is -1.86. The van der Waals surface area contributed by atoms with Crippen molar-refractivity contribution in [3.8, 4) is 6.07 Å². The number of hydrogen-bond acceptors (Lipinski definition) is 3. The smallest absolute Gasteiger partial charge is 0.220 e. The van der Waals surface area contributed by atoms with Crippen molar-refractivity contribution >= 4 is 5.91 Å². The molecule has 22 heavy (non-hydrogen) atoms. The van der Waals surface area contributed by atoms with Gasteiger partial charge in [-0.3, -0.25) is 4.79 Å². The molecule has 0 saturated carbocycles. The predicted octanol–water partition coefficient (Wildman–Crippen LogP) is 3.22. The molecule has 0 bridgehead atoms. The lowest BCUT2D eigenvalue weighted by Crippen LogP contribution is -2.32. The Labute approximate surface area is 133 Å². The van der Waals surface area contributed by atoms with Crippen molar-refractivity contribution in [1.29, 1.82) is 5.26 Å². The molecular formula is C18H26N2O2. The average Bonchev–Trinajstić information content (AvgIpc) is 2.44. The number of rotatable bonds is 6. The molecule has 120 valence electrons. The molecule has 2 atom stereocenters. The van der Waals surface area contributed by atoms with Crippen LogP contribution in [-0.4, -0.2) is 17.1 Å². The summed E-state index contributed by atoms with van der Waals surface area (Å²) in [6.07, 6.45) is 0.270. The van der Waals surface area contributed by atoms with Gasteiger partial charge in [-0.1, -0.05) is 45.0 Å². The maximum absolute atomic E-state index is 11.7. The van der Waals surface area contributed by atoms with E-state index >= 15 is 0 Å². The molecule has 1 amide bonds. The van der Waals surface area contributed by atoms with Gasteiger partial charge in [0.05, 0.1) is 18.6 Å². The quantitative estimate of drug-likeness (QED) is 0.847. The number of nitrogens with one attached hydrogen (secondary N) is 1. The predicted molar refractivity (Wildman–Crippen MR) is 87.2 cm³/mol. The summed E-state index contributed by atoms with van der Waals surface area (Å²) in [6, 6.07) is 9.74. The van der Waals surface area contributed by atoms with Gasteiger partial charge in [0, 0.05) is 12.5 Å². The number of aliphatic hydroxyl groups is 1. The molecule has 0 spiro atoms. The van der Waals surface area contributed by atoms with E-state index in [1.807, 2.05) is 30.3 Å². The number of amides is 1. The molecule has 4 heteroatoms. The monoisotopic (exact) mass is 302 g/mol. The van der Waals surface area contributed by atoms with Crippen molar-refractivity contribution in [2.75, 3.05) is 0 Å². The fourth-order valence-corrected chi connectivity index (χ4v) is 2.17. The summed E-state index contributed by atoms with van der Waals surface area (Å²) < 4.78 is 0. The van der Waals surface area contributed by atoms with Crippen LogP contribution in [0, 0.1) is 11.3 Å². The Morgan fingerprint density at radius 2 is 1.91 bits per heavy atom. The van der Waals surface area contributed by atoms with E-state index in [4.69, 9.17) is 5.26 Å². The van der Waals surface area contributed by atoms with Gasteiger partial charge >= 0.3 is 0 Å². The second-order valence-corrected chi connectivity index (χ2v) is 6.76. The fourth-order valence-electron chi connectivity index (χ4n) is 2.17. The molecule has 0 aliphatic heterocycles. The Morgan fingerprint density at radius 1 is 1.32 bits per heavy atom. The minimum atomic E-state index is -0.647. The maximum atomic E-state index is 11.7. The number of carbonyl (C=O) groups is 1. The fraction of sp³-hybridized carbons (Fsp3) is 0.556. The standard InChI is InChI=1S/C18H26N2O2/c1-13(11-12-19)20-17(22)10-9-16(21)14-5-7-15(8-6-14)18(2,3)4/h5-8,13,16,21H,9-11H2,1-4H3,(H,20,22)/t13-,16-/m1/s1. The van der Waals surface area contributed by atoms with E-state index in [1.54, 1.807) is 6.92 Å². The first-order chi connectivity index (χ1) is 10.2. The number of nitrogens with zero attached hydrogens (tertiary/aromatic N) is 1. The van der Waals surface area contributed by atoms with Crippen LogP contribution in [0.5, 0.6) is 0 Å². The summed E-state index contributed by atoms with van der Waals surface area (Å²) in [5, 5.41) is 21.5. The number of nitriles is 1. The summed E-state index contributed by atoms with van der Waals surface area (Å²) in [5.74, 6) is -0.131. The lowest BCUT2D eigenvalue weighted by molar-refractivity contribution is -0.122. The summed E-state index contributed by atoms with van der Waals surface area (Å²) in [6.45, 7) is 8.23. The molecule has 1 aromatic rings. The number of carbonyl (C=O) groups excluding carboxylic acids is 1. The molecule has 0 heterocycles. The highest BCUT2D eigenvalue weighted by Crippen LogP contribution is 2.25. The van der Waals surface area contributed by atoms with E-state index in [9.17, 15) is 9.90 Å². The lowest BCUT2D eigenvalue weighted by atomic mass is 9.86. The first-order valence-electron chi connectivity index (χ1n) is 7.69. The molecule has 0 aliphatic rings. The molecule has 4 nitrogen and oxygen atoms in total. The van der Waals surface area contributed by atoms with Gasteiger partial charge in [-0.25, -0.2) is 0 Å². The highest BCUT2D eigenvalue weighted by molar-refractivity contribution is 5.76. The zero-order valence-electron chi connectivity index (χ0n) is 13.9. The molecule has 0 saturated heterocycles. The molecule has 0 fully saturated rings. The normalized spacial score (nSPS) is 14.0. The highest BCUT2D eigenvalue weighted by atomic mass is 16.3. The zero-order chi connectivity index (χ0) is 16.8. The first kappa shape index (κ1) is 18.2. The van der Waals surface area contributed by atoms with Gasteiger partial charge in [0.25, 0.3) is 0 Å². The topological polar surface area (TPSA) is 73.1 Å². The van der Waals surface area contributed by atoms with Crippen molar-refractivity contribution in [3.05, 3.63) is 35.4 Å². The van der Waals surface area contributed by atoms with E-state index in [0.717, 1.165) is 5.56 Å². The van der Waals surface area contributed by atoms with Gasteiger partial charge in [0.1, 0.15) is 0 Å². The Bertz CT molecular complexity index is 524. The first-order valence-corrected chi connectivity index (χ1v) is 7.69. The second-order valence-electron chi connectivity index (χ2n) is 6.76. The average molecular weight is 302 g/mol. The van der Waals surface area contributed by atoms with Crippen LogP contribution >= 0.6 is 0 Å². The molecular weight excluding hydrogens is 276 g/mol. The third-order valence-electron chi connectivity index (χ3n) is 3.61. The van der Waals surface area contributed by atoms with Crippen molar-refractivity contribution in [2.45, 2.75) is 64.5 Å². The summed E-state index contributed by atoms with van der Waals surface area (Å²) in [7, 11) is 0. The summed E-state index contributed by atoms with van der Waals surface area (Å²) in [5.41, 5.74) is 2.12. The van der Waals surface area contributed by atoms with Crippen molar-refractivity contribution in [3.63, 3.8) is 0 Å². The van der Waals surface area contributed by atoms with Crippen LogP contribution in [0.4, 0.5) is 0 Å². The Kier molecular flexibility index (Phi) is 6.58. The molecule has 0 radical (unpaired) electrons. The minimum absolute atomic E-state index is 0.0836. The van der Waals surface area contributed by atoms with Gasteiger partial charge in [-0.2, -0.15) is 5.26 Å². The van der Waals surface area contributed by atoms with Crippen LogP contribution in [0.2, 0.25) is 0 Å². The van der Waals surface area contributed by atoms with Gasteiger partial charge in [0.2, 0.25) is 5.91 Å². The number of aliphatic hydroxyl groups excluding tert-OH is 1. The van der Waals surface area contributed by atoms with E-state index in [1.165, 1.54) is 5.56 Å². The van der Waals surface area contributed by atoms with E-state index in [2.05, 4.69) is 26.1 Å². The maximum Gasteiger partial charge on any atom is 0.220 e. The molecule has 0 aliphatic carbocycles. The summed E-state index contributed by atoms with van der Waals surface area (Å²) in [4.78, 5) is 11.7. The van der Waals surface area contributed by atoms with Crippen molar-refractivity contribution < 1.29 is 9.90 Å². The zero-order valence-corrected chi connectivity index (χ0v) is 13.9. The van der Waals surface area contributed by atoms with Crippen LogP contribution in [0.25, 0.3) is 0 Å². The second kappa shape index (κ2) is 7.95. The molecule has 1 aromatic carbocycles. The third kappa shape index (κ3) is 5.87. The third-order valence-corrected chi connectivity index (χ3v) is 3.61. The molecule has 0 aromatic heterocycles. The van der Waals surface area contributed by atoms with E-state index in [-0.39, 0.29) is 23.8 Å². The van der Waals surface area contributed by atoms with Gasteiger partial charge in [0.15, 0.2) is 0 Å². The Morgan fingerprint density at radius 3 is 2.41 bits per heavy atom. The van der Waals surface area contributed by atoms with Crippen LogP contribution in [0.15, 0.2) is 24.3 Å². The summed E-state index contributed by atoms with van der Waals surface area (Å²) >= 11 is 0.